The zero-order valence-electron chi connectivity index (χ0n) is 9.74. The summed E-state index contributed by atoms with van der Waals surface area (Å²) in [6, 6.07) is 2.70. The largest absolute Gasteiger partial charge is 0.480 e. The number of nitriles is 1. The predicted octanol–water partition coefficient (Wildman–Crippen LogP) is 2.08. The number of aromatic nitrogens is 1. The van der Waals surface area contributed by atoms with Crippen molar-refractivity contribution >= 4 is 5.97 Å². The SMILES string of the molecule is CCOC(=O)c1cc(C#N)c(OC)nc1C(F)F. The van der Waals surface area contributed by atoms with E-state index < -0.39 is 23.7 Å². The highest BCUT2D eigenvalue weighted by atomic mass is 19.3. The van der Waals surface area contributed by atoms with Gasteiger partial charge < -0.3 is 9.47 Å². The third kappa shape index (κ3) is 2.71. The average molecular weight is 256 g/mol. The number of ether oxygens (including phenoxy) is 2. The number of nitrogens with zero attached hydrogens (tertiary/aromatic N) is 2. The molecule has 0 fully saturated rings. The zero-order valence-corrected chi connectivity index (χ0v) is 9.74. The fourth-order valence-electron chi connectivity index (χ4n) is 1.28. The Bertz CT molecular complexity index is 498. The summed E-state index contributed by atoms with van der Waals surface area (Å²) in [7, 11) is 1.20. The molecule has 5 nitrogen and oxygen atoms in total. The van der Waals surface area contributed by atoms with E-state index in [1.807, 2.05) is 0 Å². The number of rotatable bonds is 4. The lowest BCUT2D eigenvalue weighted by Gasteiger charge is -2.10. The second-order valence-electron chi connectivity index (χ2n) is 3.11. The molecule has 0 aliphatic rings. The van der Waals surface area contributed by atoms with Gasteiger partial charge >= 0.3 is 5.97 Å². The zero-order chi connectivity index (χ0) is 13.7. The van der Waals surface area contributed by atoms with Crippen molar-refractivity contribution in [2.24, 2.45) is 0 Å². The minimum atomic E-state index is -2.97. The van der Waals surface area contributed by atoms with E-state index in [0.29, 0.717) is 0 Å². The Hall–Kier alpha value is -2.23. The maximum Gasteiger partial charge on any atom is 0.340 e. The van der Waals surface area contributed by atoms with E-state index in [4.69, 9.17) is 10.00 Å². The van der Waals surface area contributed by atoms with Crippen LogP contribution in [0.2, 0.25) is 0 Å². The van der Waals surface area contributed by atoms with Gasteiger partial charge in [0.1, 0.15) is 17.3 Å². The van der Waals surface area contributed by atoms with Gasteiger partial charge in [-0.15, -0.1) is 0 Å². The van der Waals surface area contributed by atoms with Gasteiger partial charge in [-0.05, 0) is 13.0 Å². The number of methoxy groups -OCH3 is 1. The van der Waals surface area contributed by atoms with Gasteiger partial charge in [0.2, 0.25) is 5.88 Å². The summed E-state index contributed by atoms with van der Waals surface area (Å²) in [5, 5.41) is 8.81. The van der Waals surface area contributed by atoms with E-state index in [9.17, 15) is 13.6 Å². The van der Waals surface area contributed by atoms with Crippen LogP contribution < -0.4 is 4.74 Å². The topological polar surface area (TPSA) is 72.2 Å². The maximum atomic E-state index is 12.8. The molecule has 0 spiro atoms. The summed E-state index contributed by atoms with van der Waals surface area (Å²) in [6.07, 6.45) is -2.97. The van der Waals surface area contributed by atoms with Crippen LogP contribution in [0.15, 0.2) is 6.07 Å². The Kier molecular flexibility index (Phi) is 4.54. The van der Waals surface area contributed by atoms with Crippen LogP contribution in [0.4, 0.5) is 8.78 Å². The minimum absolute atomic E-state index is 0.0371. The number of hydrogen-bond acceptors (Lipinski definition) is 5. The summed E-state index contributed by atoms with van der Waals surface area (Å²) in [4.78, 5) is 15.0. The molecular formula is C11H10F2N2O3. The molecule has 0 amide bonds. The molecular weight excluding hydrogens is 246 g/mol. The van der Waals surface area contributed by atoms with Crippen LogP contribution in [0.25, 0.3) is 0 Å². The fourth-order valence-corrected chi connectivity index (χ4v) is 1.28. The minimum Gasteiger partial charge on any atom is -0.480 e. The first-order valence-corrected chi connectivity index (χ1v) is 4.99. The van der Waals surface area contributed by atoms with Crippen LogP contribution in [0.3, 0.4) is 0 Å². The van der Waals surface area contributed by atoms with Crippen molar-refractivity contribution in [1.29, 1.82) is 5.26 Å². The molecule has 7 heteroatoms. The number of hydrogen-bond donors (Lipinski definition) is 0. The van der Waals surface area contributed by atoms with Crippen LogP contribution in [0.5, 0.6) is 5.88 Å². The van der Waals surface area contributed by atoms with E-state index in [0.717, 1.165) is 6.07 Å². The Labute approximate surface area is 102 Å². The molecule has 0 radical (unpaired) electrons. The average Bonchev–Trinajstić information content (AvgIpc) is 2.37. The molecule has 1 aromatic rings. The lowest BCUT2D eigenvalue weighted by molar-refractivity contribution is 0.0513. The number of halogens is 2. The third-order valence-electron chi connectivity index (χ3n) is 2.03. The first-order valence-electron chi connectivity index (χ1n) is 4.99. The maximum absolute atomic E-state index is 12.8. The number of alkyl halides is 2. The summed E-state index contributed by atoms with van der Waals surface area (Å²) < 4.78 is 34.9. The second kappa shape index (κ2) is 5.91. The molecule has 1 heterocycles. The van der Waals surface area contributed by atoms with Gasteiger partial charge in [0.25, 0.3) is 6.43 Å². The van der Waals surface area contributed by atoms with Crippen molar-refractivity contribution in [3.05, 3.63) is 22.9 Å². The molecule has 0 saturated heterocycles. The van der Waals surface area contributed by atoms with Crippen molar-refractivity contribution in [1.82, 2.24) is 4.98 Å². The molecule has 0 N–H and O–H groups in total. The van der Waals surface area contributed by atoms with Crippen molar-refractivity contribution in [3.8, 4) is 11.9 Å². The lowest BCUT2D eigenvalue weighted by Crippen LogP contribution is -2.11. The highest BCUT2D eigenvalue weighted by molar-refractivity contribution is 5.91. The summed E-state index contributed by atoms with van der Waals surface area (Å²) >= 11 is 0. The van der Waals surface area contributed by atoms with Crippen molar-refractivity contribution < 1.29 is 23.0 Å². The van der Waals surface area contributed by atoms with E-state index in [-0.39, 0.29) is 18.1 Å². The molecule has 1 aromatic heterocycles. The van der Waals surface area contributed by atoms with E-state index in [1.54, 1.807) is 13.0 Å². The fraction of sp³-hybridized carbons (Fsp3) is 0.364. The van der Waals surface area contributed by atoms with E-state index in [2.05, 4.69) is 9.72 Å². The second-order valence-corrected chi connectivity index (χ2v) is 3.11. The molecule has 0 aliphatic carbocycles. The Morgan fingerprint density at radius 3 is 2.72 bits per heavy atom. The summed E-state index contributed by atoms with van der Waals surface area (Å²) in [6.45, 7) is 1.58. The van der Waals surface area contributed by atoms with E-state index in [1.165, 1.54) is 7.11 Å². The van der Waals surface area contributed by atoms with Gasteiger partial charge in [-0.1, -0.05) is 0 Å². The normalized spacial score (nSPS) is 10.0. The third-order valence-corrected chi connectivity index (χ3v) is 2.03. The van der Waals surface area contributed by atoms with Gasteiger partial charge in [0.15, 0.2) is 0 Å². The highest BCUT2D eigenvalue weighted by Gasteiger charge is 2.24. The van der Waals surface area contributed by atoms with Crippen LogP contribution in [0, 0.1) is 11.3 Å². The van der Waals surface area contributed by atoms with Gasteiger partial charge in [0, 0.05) is 0 Å². The monoisotopic (exact) mass is 256 g/mol. The molecule has 1 rings (SSSR count). The number of carbonyl (C=O) groups excluding carboxylic acids is 1. The first kappa shape index (κ1) is 13.8. The van der Waals surface area contributed by atoms with Crippen molar-refractivity contribution in [2.45, 2.75) is 13.3 Å². The first-order chi connectivity index (χ1) is 8.54. The Morgan fingerprint density at radius 1 is 1.61 bits per heavy atom. The molecule has 0 bridgehead atoms. The summed E-state index contributed by atoms with van der Waals surface area (Å²) in [5.74, 6) is -1.19. The molecule has 0 aliphatic heterocycles. The number of carbonyl (C=O) groups is 1. The standard InChI is InChI=1S/C11H10F2N2O3/c1-3-18-11(16)7-4-6(5-14)10(17-2)15-8(7)9(12)13/h4,9H,3H2,1-2H3. The van der Waals surface area contributed by atoms with Gasteiger partial charge in [-0.25, -0.2) is 18.6 Å². The Morgan fingerprint density at radius 2 is 2.28 bits per heavy atom. The smallest absolute Gasteiger partial charge is 0.340 e. The van der Waals surface area contributed by atoms with E-state index >= 15 is 0 Å². The Balaban J connectivity index is 3.39. The highest BCUT2D eigenvalue weighted by Crippen LogP contribution is 2.27. The quantitative estimate of drug-likeness (QED) is 0.771. The van der Waals surface area contributed by atoms with Crippen molar-refractivity contribution in [2.75, 3.05) is 13.7 Å². The summed E-state index contributed by atoms with van der Waals surface area (Å²) in [5.41, 5.74) is -1.29. The molecule has 96 valence electrons. The van der Waals surface area contributed by atoms with Gasteiger partial charge in [-0.3, -0.25) is 0 Å². The number of pyridine rings is 1. The van der Waals surface area contributed by atoms with Crippen LogP contribution in [-0.4, -0.2) is 24.7 Å². The lowest BCUT2D eigenvalue weighted by atomic mass is 10.1. The van der Waals surface area contributed by atoms with Crippen LogP contribution in [0.1, 0.15) is 35.0 Å². The number of esters is 1. The molecule has 18 heavy (non-hydrogen) atoms. The molecule has 0 aromatic carbocycles. The van der Waals surface area contributed by atoms with Gasteiger partial charge in [0.05, 0.1) is 19.3 Å². The molecule has 0 unspecified atom stereocenters. The van der Waals surface area contributed by atoms with Gasteiger partial charge in [-0.2, -0.15) is 5.26 Å². The predicted molar refractivity (Wildman–Crippen MR) is 56.4 cm³/mol. The van der Waals surface area contributed by atoms with Crippen LogP contribution >= 0.6 is 0 Å². The molecule has 0 saturated carbocycles. The molecule has 0 atom stereocenters. The van der Waals surface area contributed by atoms with Crippen LogP contribution in [-0.2, 0) is 4.74 Å². The van der Waals surface area contributed by atoms with Crippen molar-refractivity contribution in [3.63, 3.8) is 0 Å².